The van der Waals surface area contributed by atoms with Crippen LogP contribution in [-0.2, 0) is 10.0 Å². The number of carbonyl (C=O) groups excluding carboxylic acids is 1. The summed E-state index contributed by atoms with van der Waals surface area (Å²) in [5.41, 5.74) is 1.39. The van der Waals surface area contributed by atoms with E-state index < -0.39 is 20.7 Å². The van der Waals surface area contributed by atoms with Crippen LogP contribution in [-0.4, -0.2) is 19.1 Å². The van der Waals surface area contributed by atoms with Crippen LogP contribution in [0.15, 0.2) is 53.4 Å². The van der Waals surface area contributed by atoms with Crippen LogP contribution in [0.1, 0.15) is 21.5 Å². The van der Waals surface area contributed by atoms with Gasteiger partial charge in [0.2, 0.25) is 10.0 Å². The van der Waals surface area contributed by atoms with Gasteiger partial charge in [0.25, 0.3) is 5.69 Å². The first kappa shape index (κ1) is 17.5. The molecule has 2 N–H and O–H groups in total. The van der Waals surface area contributed by atoms with Crippen LogP contribution < -0.4 is 5.14 Å². The molecule has 24 heavy (non-hydrogen) atoms. The summed E-state index contributed by atoms with van der Waals surface area (Å²) in [6.07, 6.45) is 2.77. The quantitative estimate of drug-likeness (QED) is 0.386. The number of primary sulfonamides is 1. The average Bonchev–Trinajstić information content (AvgIpc) is 2.52. The molecule has 0 spiro atoms. The molecule has 2 rings (SSSR count). The van der Waals surface area contributed by atoms with Gasteiger partial charge in [0.15, 0.2) is 5.78 Å². The highest BCUT2D eigenvalue weighted by Crippen LogP contribution is 2.17. The molecular formula is C16H14N2O5S. The number of ketones is 1. The number of aryl methyl sites for hydroxylation is 1. The standard InChI is InChI=1S/C16H14N2O5S/c1-11-2-8-14(24(17,22)23)10-15(11)16(19)9-5-12-3-6-13(7-4-12)18(20)21/h2-10H,1H3,(H2,17,22,23). The van der Waals surface area contributed by atoms with Gasteiger partial charge in [-0.05, 0) is 48.4 Å². The third kappa shape index (κ3) is 4.12. The molecule has 2 aromatic rings. The molecule has 0 fully saturated rings. The van der Waals surface area contributed by atoms with Gasteiger partial charge in [-0.25, -0.2) is 13.6 Å². The maximum absolute atomic E-state index is 12.3. The molecule has 0 atom stereocenters. The van der Waals surface area contributed by atoms with E-state index in [0.717, 1.165) is 0 Å². The highest BCUT2D eigenvalue weighted by atomic mass is 32.2. The molecule has 124 valence electrons. The van der Waals surface area contributed by atoms with E-state index >= 15 is 0 Å². The van der Waals surface area contributed by atoms with Crippen LogP contribution in [0.2, 0.25) is 0 Å². The molecule has 0 aliphatic heterocycles. The minimum Gasteiger partial charge on any atom is -0.289 e. The number of benzene rings is 2. The highest BCUT2D eigenvalue weighted by Gasteiger charge is 2.13. The summed E-state index contributed by atoms with van der Waals surface area (Å²) in [6.45, 7) is 1.68. The molecular weight excluding hydrogens is 332 g/mol. The van der Waals surface area contributed by atoms with Crippen LogP contribution >= 0.6 is 0 Å². The zero-order valence-corrected chi connectivity index (χ0v) is 13.5. The third-order valence-electron chi connectivity index (χ3n) is 3.33. The Balaban J connectivity index is 2.27. The van der Waals surface area contributed by atoms with Crippen molar-refractivity contribution in [2.24, 2.45) is 5.14 Å². The van der Waals surface area contributed by atoms with E-state index in [1.54, 1.807) is 6.92 Å². The second kappa shape index (κ2) is 6.73. The van der Waals surface area contributed by atoms with Crippen molar-refractivity contribution < 1.29 is 18.1 Å². The van der Waals surface area contributed by atoms with Gasteiger partial charge >= 0.3 is 0 Å². The number of allylic oxidation sites excluding steroid dienone is 1. The predicted molar refractivity (Wildman–Crippen MR) is 89.0 cm³/mol. The van der Waals surface area contributed by atoms with Crippen molar-refractivity contribution in [2.45, 2.75) is 11.8 Å². The van der Waals surface area contributed by atoms with E-state index in [1.807, 2.05) is 0 Å². The largest absolute Gasteiger partial charge is 0.289 e. The second-order valence-electron chi connectivity index (χ2n) is 5.07. The molecule has 0 radical (unpaired) electrons. The fourth-order valence-corrected chi connectivity index (χ4v) is 2.55. The van der Waals surface area contributed by atoms with Gasteiger partial charge in [-0.15, -0.1) is 0 Å². The zero-order valence-electron chi connectivity index (χ0n) is 12.7. The van der Waals surface area contributed by atoms with E-state index in [1.165, 1.54) is 54.6 Å². The molecule has 0 aromatic heterocycles. The minimum atomic E-state index is -3.90. The lowest BCUT2D eigenvalue weighted by atomic mass is 10.0. The molecule has 0 amide bonds. The normalized spacial score (nSPS) is 11.6. The Morgan fingerprint density at radius 1 is 1.17 bits per heavy atom. The Hall–Kier alpha value is -2.84. The molecule has 7 nitrogen and oxygen atoms in total. The number of nitrogens with two attached hydrogens (primary N) is 1. The number of non-ortho nitro benzene ring substituents is 1. The zero-order chi connectivity index (χ0) is 17.9. The summed E-state index contributed by atoms with van der Waals surface area (Å²) in [5.74, 6) is -0.392. The molecule has 0 saturated heterocycles. The van der Waals surface area contributed by atoms with Crippen molar-refractivity contribution in [2.75, 3.05) is 0 Å². The van der Waals surface area contributed by atoms with Crippen LogP contribution in [0.4, 0.5) is 5.69 Å². The van der Waals surface area contributed by atoms with Crippen molar-refractivity contribution in [3.05, 3.63) is 75.3 Å². The number of nitro benzene ring substituents is 1. The average molecular weight is 346 g/mol. The molecule has 0 aliphatic carbocycles. The SMILES string of the molecule is Cc1ccc(S(N)(=O)=O)cc1C(=O)C=Cc1ccc([N+](=O)[O-])cc1. The highest BCUT2D eigenvalue weighted by molar-refractivity contribution is 7.89. The van der Waals surface area contributed by atoms with Crippen LogP contribution in [0, 0.1) is 17.0 Å². The molecule has 0 heterocycles. The lowest BCUT2D eigenvalue weighted by Gasteiger charge is -2.05. The number of nitro groups is 1. The summed E-state index contributed by atoms with van der Waals surface area (Å²) in [6, 6.07) is 9.75. The predicted octanol–water partition coefficient (Wildman–Crippen LogP) is 2.45. The lowest BCUT2D eigenvalue weighted by Crippen LogP contribution is -2.13. The first-order valence-electron chi connectivity index (χ1n) is 6.79. The fourth-order valence-electron chi connectivity index (χ4n) is 2.01. The van der Waals surface area contributed by atoms with E-state index in [2.05, 4.69) is 0 Å². The maximum atomic E-state index is 12.3. The van der Waals surface area contributed by atoms with Gasteiger partial charge < -0.3 is 0 Å². The number of hydrogen-bond donors (Lipinski definition) is 1. The summed E-state index contributed by atoms with van der Waals surface area (Å²) in [4.78, 5) is 22.2. The summed E-state index contributed by atoms with van der Waals surface area (Å²) < 4.78 is 22.8. The van der Waals surface area contributed by atoms with Gasteiger partial charge in [-0.3, -0.25) is 14.9 Å². The molecule has 8 heteroatoms. The maximum Gasteiger partial charge on any atom is 0.269 e. The van der Waals surface area contributed by atoms with Crippen LogP contribution in [0.5, 0.6) is 0 Å². The lowest BCUT2D eigenvalue weighted by molar-refractivity contribution is -0.384. The van der Waals surface area contributed by atoms with E-state index in [4.69, 9.17) is 5.14 Å². The Bertz CT molecular complexity index is 931. The van der Waals surface area contributed by atoms with Crippen molar-refractivity contribution in [1.29, 1.82) is 0 Å². The molecule has 0 unspecified atom stereocenters. The summed E-state index contributed by atoms with van der Waals surface area (Å²) in [7, 11) is -3.90. The summed E-state index contributed by atoms with van der Waals surface area (Å²) >= 11 is 0. The first-order chi connectivity index (χ1) is 11.2. The Morgan fingerprint density at radius 3 is 2.33 bits per heavy atom. The van der Waals surface area contributed by atoms with Crippen LogP contribution in [0.3, 0.4) is 0 Å². The van der Waals surface area contributed by atoms with Crippen molar-refractivity contribution in [1.82, 2.24) is 0 Å². The van der Waals surface area contributed by atoms with E-state index in [0.29, 0.717) is 11.1 Å². The van der Waals surface area contributed by atoms with E-state index in [-0.39, 0.29) is 16.1 Å². The number of sulfonamides is 1. The molecule has 2 aromatic carbocycles. The second-order valence-corrected chi connectivity index (χ2v) is 6.63. The Morgan fingerprint density at radius 2 is 1.79 bits per heavy atom. The Kier molecular flexibility index (Phi) is 4.91. The van der Waals surface area contributed by atoms with Gasteiger partial charge in [0.05, 0.1) is 9.82 Å². The Labute approximate surface area is 138 Å². The van der Waals surface area contributed by atoms with Gasteiger partial charge in [0.1, 0.15) is 0 Å². The third-order valence-corrected chi connectivity index (χ3v) is 4.25. The number of hydrogen-bond acceptors (Lipinski definition) is 5. The van der Waals surface area contributed by atoms with Crippen molar-refractivity contribution >= 4 is 27.6 Å². The van der Waals surface area contributed by atoms with Crippen LogP contribution in [0.25, 0.3) is 6.08 Å². The van der Waals surface area contributed by atoms with Gasteiger partial charge in [0, 0.05) is 17.7 Å². The smallest absolute Gasteiger partial charge is 0.269 e. The monoisotopic (exact) mass is 346 g/mol. The first-order valence-corrected chi connectivity index (χ1v) is 8.33. The van der Waals surface area contributed by atoms with Crippen molar-refractivity contribution in [3.63, 3.8) is 0 Å². The number of rotatable bonds is 5. The van der Waals surface area contributed by atoms with Gasteiger partial charge in [-0.1, -0.05) is 12.1 Å². The minimum absolute atomic E-state index is 0.0461. The molecule has 0 aliphatic rings. The van der Waals surface area contributed by atoms with Crippen molar-refractivity contribution in [3.8, 4) is 0 Å². The summed E-state index contributed by atoms with van der Waals surface area (Å²) in [5, 5.41) is 15.7. The number of nitrogens with zero attached hydrogens (tertiary/aromatic N) is 1. The number of carbonyl (C=O) groups is 1. The topological polar surface area (TPSA) is 120 Å². The fraction of sp³-hybridized carbons (Fsp3) is 0.0625. The molecule has 0 bridgehead atoms. The van der Waals surface area contributed by atoms with Gasteiger partial charge in [-0.2, -0.15) is 0 Å². The molecule has 0 saturated carbocycles. The van der Waals surface area contributed by atoms with E-state index in [9.17, 15) is 23.3 Å².